The highest BCUT2D eigenvalue weighted by Crippen LogP contribution is 2.47. The fraction of sp³-hybridized carbons (Fsp3) is 0.533. The number of non-ortho nitro benzene ring substituents is 2. The summed E-state index contributed by atoms with van der Waals surface area (Å²) >= 11 is 0. The third kappa shape index (κ3) is 17.5. The topological polar surface area (TPSA) is 396 Å². The summed E-state index contributed by atoms with van der Waals surface area (Å²) in [4.78, 5) is 148. The van der Waals surface area contributed by atoms with Gasteiger partial charge in [-0.2, -0.15) is 0 Å². The van der Waals surface area contributed by atoms with Crippen molar-refractivity contribution >= 4 is 83.5 Å². The molecule has 30 nitrogen and oxygen atoms in total. The maximum atomic E-state index is 13.3. The van der Waals surface area contributed by atoms with E-state index in [0.717, 1.165) is 4.90 Å². The van der Waals surface area contributed by atoms with Crippen LogP contribution in [0, 0.1) is 38.0 Å². The highest BCUT2D eigenvalue weighted by Gasteiger charge is 2.64. The third-order valence-corrected chi connectivity index (χ3v) is 15.6. The van der Waals surface area contributed by atoms with Crippen molar-refractivity contribution in [1.29, 1.82) is 0 Å². The summed E-state index contributed by atoms with van der Waals surface area (Å²) in [5.41, 5.74) is -5.10. The van der Waals surface area contributed by atoms with Gasteiger partial charge >= 0.3 is 42.0 Å². The molecule has 3 saturated heterocycles. The fourth-order valence-electron chi connectivity index (χ4n) is 10.6. The van der Waals surface area contributed by atoms with Crippen molar-refractivity contribution in [3.8, 4) is 0 Å². The Balaban J connectivity index is 0.000000251. The Labute approximate surface area is 529 Å². The Kier molecular flexibility index (Phi) is 23.4. The van der Waals surface area contributed by atoms with Crippen LogP contribution in [0.2, 0.25) is 0 Å². The first kappa shape index (κ1) is 72.7. The number of nitro groups is 2. The molecule has 5 N–H and O–H groups in total. The molecule has 6 aliphatic rings. The van der Waals surface area contributed by atoms with E-state index in [1.807, 2.05) is 0 Å². The van der Waals surface area contributed by atoms with Crippen LogP contribution in [-0.4, -0.2) is 190 Å². The molecule has 2 aromatic rings. The van der Waals surface area contributed by atoms with Gasteiger partial charge in [0.15, 0.2) is 0 Å². The maximum absolute atomic E-state index is 13.3. The molecule has 0 unspecified atom stereocenters. The number of carbonyl (C=O) groups is 10. The second-order valence-corrected chi connectivity index (χ2v) is 24.3. The van der Waals surface area contributed by atoms with Gasteiger partial charge < -0.3 is 59.5 Å². The molecule has 496 valence electrons. The Morgan fingerprint density at radius 2 is 0.923 bits per heavy atom. The van der Waals surface area contributed by atoms with E-state index in [0.29, 0.717) is 19.3 Å². The number of likely N-dealkylation sites (tertiary alicyclic amines) is 2. The van der Waals surface area contributed by atoms with E-state index in [1.54, 1.807) is 59.8 Å². The van der Waals surface area contributed by atoms with Crippen LogP contribution in [0.3, 0.4) is 0 Å². The summed E-state index contributed by atoms with van der Waals surface area (Å²) in [6, 6.07) is 7.32. The number of aliphatic hydroxyl groups excluding tert-OH is 1. The molecule has 8 rings (SSSR count). The first-order valence-corrected chi connectivity index (χ1v) is 28.6. The van der Waals surface area contributed by atoms with Crippen LogP contribution in [0.1, 0.15) is 101 Å². The number of benzene rings is 2. The number of β-amino-alcohol motifs (C(OH)–C–C–N with tert-alkyl or cyclic N) is 1. The monoisotopic (exact) mass is 1300 g/mol. The number of esters is 5. The summed E-state index contributed by atoms with van der Waals surface area (Å²) in [5.74, 6) is -5.32. The van der Waals surface area contributed by atoms with Crippen LogP contribution in [0.4, 0.5) is 21.0 Å². The van der Waals surface area contributed by atoms with E-state index in [2.05, 4.69) is 41.0 Å². The molecule has 6 fully saturated rings. The number of hydrogen-bond acceptors (Lipinski definition) is 23. The van der Waals surface area contributed by atoms with Gasteiger partial charge in [-0.3, -0.25) is 44.4 Å². The number of nitrogens with zero attached hydrogens (tertiary/aromatic N) is 4. The number of carbonyl (C=O) groups excluding carboxylic acids is 10. The Morgan fingerprint density at radius 1 is 0.571 bits per heavy atom. The van der Waals surface area contributed by atoms with Crippen LogP contribution in [-0.2, 0) is 61.9 Å². The summed E-state index contributed by atoms with van der Waals surface area (Å²) in [7, 11) is 3.72. The number of nitro benzene ring substituents is 2. The van der Waals surface area contributed by atoms with E-state index in [9.17, 15) is 73.3 Å². The molecule has 0 aromatic heterocycles. The van der Waals surface area contributed by atoms with Crippen molar-refractivity contribution in [3.63, 3.8) is 0 Å². The lowest BCUT2D eigenvalue weighted by Gasteiger charge is -2.28. The number of ether oxygens (including phenoxy) is 7. The number of nitrogens with one attached hydrogen (secondary N) is 4. The number of rotatable bonds is 18. The van der Waals surface area contributed by atoms with Crippen molar-refractivity contribution < 1.29 is 96.1 Å². The van der Waals surface area contributed by atoms with E-state index < -0.39 is 128 Å². The Bertz CT molecular complexity index is 3170. The predicted molar refractivity (Wildman–Crippen MR) is 321 cm³/mol. The standard InChI is InChI=1S/C24H29N3O9.C19H21N3O7.C17H26N2O6.ClH/c1-6-15-12-24(15,21(30)34-5)25-19(28)18-11-17(13-26(18)22(31)36-23(2,3)4)35-20(29)14-7-9-16(10-8-14)27(32)33;1-3-12-9-19(12,18(25)28-2)21-16(23)15-8-14(10-20-15)29-17(24)11-4-6-13(7-5-11)22(26)27;1-6-10-8-17(10,14(22)24-5)18-13(21)12-7-11(20)9-19(12)15(23)25-16(2,3)4;/h6-10,15,17-18H,1,11-13H2,2-5H3,(H,25,28);3-7,12,14-15,20H,1,8-10H2,2H3,(H,21,23);6,10-12,20H,1,7-9H2,2-5H3,(H,18,21);1H/t15-,17+,18+,24-;12-,14+,15+,19-;10-,11-,12+,17-;/m111./s1. The minimum atomic E-state index is -1.26. The lowest BCUT2D eigenvalue weighted by molar-refractivity contribution is -0.385. The minimum Gasteiger partial charge on any atom is -0.467 e. The normalized spacial score (nSPS) is 27.2. The fourth-order valence-corrected chi connectivity index (χ4v) is 10.6. The first-order chi connectivity index (χ1) is 42.1. The average molecular weight is 1300 g/mol. The molecule has 3 aliphatic carbocycles. The SMILES string of the molecule is C=C[C@@H]1C[C@]1(NC(=O)[C@@H]1C[C@@H](O)CN1C(=O)OC(C)(C)C)C(=O)OC.C=C[C@@H]1C[C@]1(NC(=O)[C@@H]1C[C@H](OC(=O)c2ccc([N+](=O)[O-])cc2)CN1)C(=O)OC.C=C[C@@H]1C[C@]1(NC(=O)[C@@H]1C[C@H](OC(=O)c2ccc([N+](=O)[O-])cc2)CN1C(=O)OC(C)(C)C)C(=O)OC.Cl. The lowest BCUT2D eigenvalue weighted by Crippen LogP contribution is -2.53. The summed E-state index contributed by atoms with van der Waals surface area (Å²) in [5, 5.41) is 42.5. The molecule has 2 aromatic carbocycles. The highest BCUT2D eigenvalue weighted by molar-refractivity contribution is 5.97. The van der Waals surface area contributed by atoms with E-state index in [4.69, 9.17) is 33.2 Å². The molecule has 12 atom stereocenters. The van der Waals surface area contributed by atoms with Gasteiger partial charge in [0.1, 0.15) is 52.1 Å². The molecule has 3 heterocycles. The molecular weight excluding hydrogens is 1220 g/mol. The second-order valence-electron chi connectivity index (χ2n) is 24.3. The van der Waals surface area contributed by atoms with Gasteiger partial charge in [-0.1, -0.05) is 18.2 Å². The molecule has 3 aliphatic heterocycles. The summed E-state index contributed by atoms with van der Waals surface area (Å²) in [6.07, 6.45) is 2.48. The zero-order valence-electron chi connectivity index (χ0n) is 51.7. The Hall–Kier alpha value is -9.03. The largest absolute Gasteiger partial charge is 0.467 e. The number of halogens is 1. The number of aliphatic hydroxyl groups is 1. The van der Waals surface area contributed by atoms with Crippen LogP contribution >= 0.6 is 12.4 Å². The molecule has 0 spiro atoms. The zero-order chi connectivity index (χ0) is 67.0. The van der Waals surface area contributed by atoms with E-state index in [1.165, 1.54) is 74.8 Å². The van der Waals surface area contributed by atoms with Gasteiger partial charge in [0.05, 0.1) is 67.5 Å². The average Bonchev–Trinajstić information content (AvgIpc) is 1.60. The Morgan fingerprint density at radius 3 is 1.26 bits per heavy atom. The zero-order valence-corrected chi connectivity index (χ0v) is 52.6. The van der Waals surface area contributed by atoms with Gasteiger partial charge in [0.25, 0.3) is 11.4 Å². The van der Waals surface area contributed by atoms with Crippen LogP contribution in [0.5, 0.6) is 0 Å². The van der Waals surface area contributed by atoms with Crippen molar-refractivity contribution in [2.45, 2.75) is 144 Å². The third-order valence-electron chi connectivity index (χ3n) is 15.6. The number of hydrogen-bond donors (Lipinski definition) is 5. The lowest BCUT2D eigenvalue weighted by atomic mass is 10.1. The van der Waals surface area contributed by atoms with Gasteiger partial charge in [-0.25, -0.2) is 33.6 Å². The molecule has 91 heavy (non-hydrogen) atoms. The number of methoxy groups -OCH3 is 3. The molecule has 0 radical (unpaired) electrons. The van der Waals surface area contributed by atoms with E-state index >= 15 is 0 Å². The van der Waals surface area contributed by atoms with Crippen molar-refractivity contribution in [3.05, 3.63) is 118 Å². The van der Waals surface area contributed by atoms with Gasteiger partial charge in [-0.05, 0) is 85.1 Å². The predicted octanol–water partition coefficient (Wildman–Crippen LogP) is 4.09. The van der Waals surface area contributed by atoms with Gasteiger partial charge in [0.2, 0.25) is 17.7 Å². The number of amides is 5. The van der Waals surface area contributed by atoms with Crippen molar-refractivity contribution in [2.75, 3.05) is 41.0 Å². The highest BCUT2D eigenvalue weighted by atomic mass is 35.5. The first-order valence-electron chi connectivity index (χ1n) is 28.6. The summed E-state index contributed by atoms with van der Waals surface area (Å²) < 4.78 is 36.0. The molecular formula is C60H77ClN8O22. The molecule has 0 bridgehead atoms. The van der Waals surface area contributed by atoms with Crippen LogP contribution in [0.15, 0.2) is 86.5 Å². The molecule has 31 heteroatoms. The quantitative estimate of drug-likeness (QED) is 0.0461. The van der Waals surface area contributed by atoms with Crippen molar-refractivity contribution in [1.82, 2.24) is 31.1 Å². The summed E-state index contributed by atoms with van der Waals surface area (Å²) in [6.45, 7) is 21.3. The van der Waals surface area contributed by atoms with Gasteiger partial charge in [-0.15, -0.1) is 32.1 Å². The van der Waals surface area contributed by atoms with Crippen molar-refractivity contribution in [2.24, 2.45) is 17.8 Å². The van der Waals surface area contributed by atoms with E-state index in [-0.39, 0.29) is 97.5 Å². The molecule has 5 amide bonds. The maximum Gasteiger partial charge on any atom is 0.411 e. The van der Waals surface area contributed by atoms with Crippen LogP contribution < -0.4 is 21.3 Å². The second kappa shape index (κ2) is 29.3. The molecule has 3 saturated carbocycles. The smallest absolute Gasteiger partial charge is 0.411 e. The van der Waals surface area contributed by atoms with Crippen LogP contribution in [0.25, 0.3) is 0 Å². The minimum absolute atomic E-state index is 0. The van der Waals surface area contributed by atoms with Gasteiger partial charge in [0, 0.05) is 67.8 Å².